The normalized spacial score (nSPS) is 21.4. The maximum absolute atomic E-state index is 12.1. The first-order valence-electron chi connectivity index (χ1n) is 8.78. The molecule has 1 fully saturated rings. The Balaban J connectivity index is 1.60. The van der Waals surface area contributed by atoms with Crippen molar-refractivity contribution < 1.29 is 9.53 Å². The van der Waals surface area contributed by atoms with Gasteiger partial charge in [0.2, 0.25) is 0 Å². The van der Waals surface area contributed by atoms with Gasteiger partial charge in [0.05, 0.1) is 0 Å². The highest BCUT2D eigenvalue weighted by Crippen LogP contribution is 2.24. The number of nitrogens with two attached hydrogens (primary N) is 1. The van der Waals surface area contributed by atoms with E-state index >= 15 is 0 Å². The van der Waals surface area contributed by atoms with Crippen LogP contribution in [0.5, 0.6) is 0 Å². The number of hydrogen-bond donors (Lipinski definition) is 1. The summed E-state index contributed by atoms with van der Waals surface area (Å²) in [6.45, 7) is 8.57. The Morgan fingerprint density at radius 2 is 1.96 bits per heavy atom. The smallest absolute Gasteiger partial charge is 0.410 e. The fraction of sp³-hybridized carbons (Fsp3) is 0.667. The first-order chi connectivity index (χ1) is 11.3. The van der Waals surface area contributed by atoms with E-state index in [1.807, 2.05) is 27.0 Å². The number of anilines is 1. The lowest BCUT2D eigenvalue weighted by Crippen LogP contribution is -2.50. The number of ether oxygens (including phenoxy) is 1. The van der Waals surface area contributed by atoms with Crippen LogP contribution in [0.15, 0.2) is 12.3 Å². The van der Waals surface area contributed by atoms with Crippen molar-refractivity contribution in [3.05, 3.63) is 23.4 Å². The maximum Gasteiger partial charge on any atom is 0.410 e. The van der Waals surface area contributed by atoms with Gasteiger partial charge in [-0.05, 0) is 57.2 Å². The highest BCUT2D eigenvalue weighted by Gasteiger charge is 2.27. The molecule has 24 heavy (non-hydrogen) atoms. The largest absolute Gasteiger partial charge is 0.444 e. The number of aromatic nitrogens is 1. The molecule has 1 aliphatic heterocycles. The molecule has 0 saturated carbocycles. The van der Waals surface area contributed by atoms with Gasteiger partial charge in [-0.1, -0.05) is 0 Å². The van der Waals surface area contributed by atoms with E-state index < -0.39 is 5.60 Å². The Morgan fingerprint density at radius 1 is 1.25 bits per heavy atom. The van der Waals surface area contributed by atoms with Crippen LogP contribution in [0, 0.1) is 0 Å². The second-order valence-electron chi connectivity index (χ2n) is 7.77. The van der Waals surface area contributed by atoms with Crippen molar-refractivity contribution in [2.45, 2.75) is 51.7 Å². The lowest BCUT2D eigenvalue weighted by Gasteiger charge is -2.36. The van der Waals surface area contributed by atoms with Crippen LogP contribution in [0.2, 0.25) is 0 Å². The summed E-state index contributed by atoms with van der Waals surface area (Å²) < 4.78 is 5.44. The van der Waals surface area contributed by atoms with E-state index in [1.165, 1.54) is 11.1 Å². The third-order valence-electron chi connectivity index (χ3n) is 4.59. The van der Waals surface area contributed by atoms with Gasteiger partial charge in [-0.15, -0.1) is 0 Å². The molecule has 0 bridgehead atoms. The molecule has 0 spiro atoms. The van der Waals surface area contributed by atoms with Crippen molar-refractivity contribution in [2.24, 2.45) is 5.73 Å². The molecule has 1 saturated heterocycles. The first-order valence-corrected chi connectivity index (χ1v) is 8.78. The Bertz CT molecular complexity index is 604. The zero-order chi connectivity index (χ0) is 17.3. The van der Waals surface area contributed by atoms with Crippen molar-refractivity contribution in [1.29, 1.82) is 0 Å². The van der Waals surface area contributed by atoms with E-state index in [4.69, 9.17) is 10.5 Å². The second-order valence-corrected chi connectivity index (χ2v) is 7.77. The fourth-order valence-electron chi connectivity index (χ4n) is 3.27. The van der Waals surface area contributed by atoms with E-state index in [0.29, 0.717) is 13.1 Å². The summed E-state index contributed by atoms with van der Waals surface area (Å²) in [4.78, 5) is 20.8. The zero-order valence-electron chi connectivity index (χ0n) is 14.9. The zero-order valence-corrected chi connectivity index (χ0v) is 14.9. The Hall–Kier alpha value is -1.82. The van der Waals surface area contributed by atoms with Crippen LogP contribution < -0.4 is 10.6 Å². The molecular formula is C18H28N4O2. The summed E-state index contributed by atoms with van der Waals surface area (Å²) in [5, 5.41) is 0. The number of rotatable bonds is 1. The molecular weight excluding hydrogens is 304 g/mol. The number of fused-ring (bicyclic) bond motifs is 1. The first kappa shape index (κ1) is 17.0. The predicted molar refractivity (Wildman–Crippen MR) is 94.3 cm³/mol. The summed E-state index contributed by atoms with van der Waals surface area (Å²) in [5.74, 6) is 1.01. The van der Waals surface area contributed by atoms with Gasteiger partial charge in [0.1, 0.15) is 11.4 Å². The molecule has 3 rings (SSSR count). The summed E-state index contributed by atoms with van der Waals surface area (Å²) in [5.41, 5.74) is 8.23. The summed E-state index contributed by atoms with van der Waals surface area (Å²) in [7, 11) is 0. The van der Waals surface area contributed by atoms with Crippen molar-refractivity contribution >= 4 is 11.9 Å². The maximum atomic E-state index is 12.1. The van der Waals surface area contributed by atoms with Crippen LogP contribution in [0.25, 0.3) is 0 Å². The fourth-order valence-corrected chi connectivity index (χ4v) is 3.27. The Labute approximate surface area is 144 Å². The monoisotopic (exact) mass is 332 g/mol. The van der Waals surface area contributed by atoms with E-state index in [2.05, 4.69) is 16.0 Å². The lowest BCUT2D eigenvalue weighted by molar-refractivity contribution is 0.0240. The van der Waals surface area contributed by atoms with E-state index in [0.717, 1.165) is 38.2 Å². The van der Waals surface area contributed by atoms with E-state index in [9.17, 15) is 4.79 Å². The van der Waals surface area contributed by atoms with Crippen LogP contribution >= 0.6 is 0 Å². The molecule has 2 N–H and O–H groups in total. The minimum absolute atomic E-state index is 0.227. The summed E-state index contributed by atoms with van der Waals surface area (Å²) >= 11 is 0. The number of amides is 1. The molecule has 1 aromatic heterocycles. The number of carbonyl (C=O) groups is 1. The lowest BCUT2D eigenvalue weighted by atomic mass is 9.90. The molecule has 6 nitrogen and oxygen atoms in total. The highest BCUT2D eigenvalue weighted by molar-refractivity contribution is 5.68. The summed E-state index contributed by atoms with van der Waals surface area (Å²) in [6, 6.07) is 2.46. The number of nitrogens with zero attached hydrogens (tertiary/aromatic N) is 3. The standard InChI is InChI=1S/C18H28N4O2/c1-18(2,3)24-17(23)22-8-6-21(7-9-22)16-11-13-4-5-15(19)10-14(13)12-20-16/h11-12,15H,4-10,19H2,1-3H3/t15-/m0/s1. The number of hydrogen-bond acceptors (Lipinski definition) is 5. The van der Waals surface area contributed by atoms with Crippen LogP contribution in [0.1, 0.15) is 38.3 Å². The second kappa shape index (κ2) is 6.59. The Morgan fingerprint density at radius 3 is 2.62 bits per heavy atom. The molecule has 0 radical (unpaired) electrons. The topological polar surface area (TPSA) is 71.7 Å². The average molecular weight is 332 g/mol. The minimum atomic E-state index is -0.449. The number of carbonyl (C=O) groups excluding carboxylic acids is 1. The van der Waals surface area contributed by atoms with Crippen molar-refractivity contribution in [3.8, 4) is 0 Å². The summed E-state index contributed by atoms with van der Waals surface area (Å²) in [6.07, 6.45) is 4.75. The van der Waals surface area contributed by atoms with Gasteiger partial charge in [0.15, 0.2) is 0 Å². The van der Waals surface area contributed by atoms with Crippen LogP contribution in [0.3, 0.4) is 0 Å². The molecule has 2 heterocycles. The molecule has 6 heteroatoms. The SMILES string of the molecule is CC(C)(C)OC(=O)N1CCN(c2cc3c(cn2)C[C@@H](N)CC3)CC1. The molecule has 1 aliphatic carbocycles. The van der Waals surface area contributed by atoms with Gasteiger partial charge >= 0.3 is 6.09 Å². The van der Waals surface area contributed by atoms with Gasteiger partial charge in [0, 0.05) is 38.4 Å². The van der Waals surface area contributed by atoms with Gasteiger partial charge in [-0.2, -0.15) is 0 Å². The third kappa shape index (κ3) is 3.98. The molecule has 0 aromatic carbocycles. The van der Waals surface area contributed by atoms with Crippen molar-refractivity contribution in [1.82, 2.24) is 9.88 Å². The van der Waals surface area contributed by atoms with E-state index in [-0.39, 0.29) is 12.1 Å². The number of piperazine rings is 1. The Kier molecular flexibility index (Phi) is 4.67. The molecule has 1 atom stereocenters. The van der Waals surface area contributed by atoms with E-state index in [1.54, 1.807) is 4.90 Å². The van der Waals surface area contributed by atoms with Crippen LogP contribution in [-0.4, -0.2) is 53.8 Å². The average Bonchev–Trinajstić information content (AvgIpc) is 2.53. The van der Waals surface area contributed by atoms with Gasteiger partial charge in [0.25, 0.3) is 0 Å². The molecule has 132 valence electrons. The van der Waals surface area contributed by atoms with Gasteiger partial charge in [-0.25, -0.2) is 9.78 Å². The highest BCUT2D eigenvalue weighted by atomic mass is 16.6. The third-order valence-corrected chi connectivity index (χ3v) is 4.59. The van der Waals surface area contributed by atoms with Crippen LogP contribution in [0.4, 0.5) is 10.6 Å². The molecule has 1 amide bonds. The van der Waals surface area contributed by atoms with Crippen LogP contribution in [-0.2, 0) is 17.6 Å². The van der Waals surface area contributed by atoms with Gasteiger partial charge in [-0.3, -0.25) is 0 Å². The van der Waals surface area contributed by atoms with Crippen molar-refractivity contribution in [2.75, 3.05) is 31.1 Å². The predicted octanol–water partition coefficient (Wildman–Crippen LogP) is 1.95. The molecule has 1 aromatic rings. The number of pyridine rings is 1. The number of aryl methyl sites for hydroxylation is 1. The van der Waals surface area contributed by atoms with Crippen molar-refractivity contribution in [3.63, 3.8) is 0 Å². The minimum Gasteiger partial charge on any atom is -0.444 e. The molecule has 0 unspecified atom stereocenters. The van der Waals surface area contributed by atoms with Gasteiger partial charge < -0.3 is 20.3 Å². The quantitative estimate of drug-likeness (QED) is 0.851. The molecule has 2 aliphatic rings.